The number of halogens is 2. The first-order valence-corrected chi connectivity index (χ1v) is 4.44. The van der Waals surface area contributed by atoms with Gasteiger partial charge < -0.3 is 4.74 Å². The number of methoxy groups -OCH3 is 1. The lowest BCUT2D eigenvalue weighted by molar-refractivity contribution is -0.140. The van der Waals surface area contributed by atoms with Gasteiger partial charge in [0.1, 0.15) is 0 Å². The molecule has 13 heavy (non-hydrogen) atoms. The molecule has 0 unspecified atom stereocenters. The van der Waals surface area contributed by atoms with Gasteiger partial charge in [0.05, 0.1) is 7.11 Å². The lowest BCUT2D eigenvalue weighted by Gasteiger charge is -2.06. The molecule has 1 aromatic rings. The zero-order valence-corrected chi connectivity index (χ0v) is 8.47. The van der Waals surface area contributed by atoms with Crippen molar-refractivity contribution in [2.45, 2.75) is 5.38 Å². The van der Waals surface area contributed by atoms with Crippen LogP contribution in [0.2, 0.25) is 5.02 Å². The molecule has 0 radical (unpaired) electrons. The molecule has 1 aromatic carbocycles. The molecule has 70 valence electrons. The molecule has 1 atom stereocenters. The number of rotatable bonds is 2. The Hall–Kier alpha value is -0.730. The minimum atomic E-state index is -0.788. The quantitative estimate of drug-likeness (QED) is 0.564. The highest BCUT2D eigenvalue weighted by Gasteiger charge is 2.17. The molecule has 0 fully saturated rings. The SMILES string of the molecule is COC(=O)[C@H](Cl)c1cccc(Cl)c1. The Labute approximate surface area is 86.4 Å². The van der Waals surface area contributed by atoms with Crippen LogP contribution in [0.1, 0.15) is 10.9 Å². The average Bonchev–Trinajstić information content (AvgIpc) is 2.15. The van der Waals surface area contributed by atoms with Crippen LogP contribution in [0, 0.1) is 0 Å². The topological polar surface area (TPSA) is 26.3 Å². The van der Waals surface area contributed by atoms with Crippen molar-refractivity contribution in [2.24, 2.45) is 0 Å². The van der Waals surface area contributed by atoms with Crippen molar-refractivity contribution in [3.63, 3.8) is 0 Å². The number of ether oxygens (including phenoxy) is 1. The van der Waals surface area contributed by atoms with Crippen molar-refractivity contribution in [2.75, 3.05) is 7.11 Å². The highest BCUT2D eigenvalue weighted by atomic mass is 35.5. The standard InChI is InChI=1S/C9H8Cl2O2/c1-13-9(12)8(11)6-3-2-4-7(10)5-6/h2-5,8H,1H3/t8-/m1/s1. The van der Waals surface area contributed by atoms with Gasteiger partial charge in [0.15, 0.2) is 5.38 Å². The van der Waals surface area contributed by atoms with E-state index in [4.69, 9.17) is 23.2 Å². The molecule has 0 saturated heterocycles. The summed E-state index contributed by atoms with van der Waals surface area (Å²) in [7, 11) is 1.29. The first-order chi connectivity index (χ1) is 6.15. The summed E-state index contributed by atoms with van der Waals surface area (Å²) < 4.78 is 4.49. The van der Waals surface area contributed by atoms with E-state index in [1.807, 2.05) is 0 Å². The predicted molar refractivity (Wildman–Crippen MR) is 52.1 cm³/mol. The number of carbonyl (C=O) groups is 1. The monoisotopic (exact) mass is 218 g/mol. The molecular weight excluding hydrogens is 211 g/mol. The Morgan fingerprint density at radius 3 is 2.77 bits per heavy atom. The van der Waals surface area contributed by atoms with Crippen LogP contribution in [-0.4, -0.2) is 13.1 Å². The van der Waals surface area contributed by atoms with E-state index < -0.39 is 11.3 Å². The van der Waals surface area contributed by atoms with Crippen LogP contribution in [0.25, 0.3) is 0 Å². The smallest absolute Gasteiger partial charge is 0.328 e. The Bertz CT molecular complexity index is 312. The number of esters is 1. The summed E-state index contributed by atoms with van der Waals surface area (Å²) in [6.45, 7) is 0. The Morgan fingerprint density at radius 2 is 2.23 bits per heavy atom. The number of carbonyl (C=O) groups excluding carboxylic acids is 1. The van der Waals surface area contributed by atoms with Gasteiger partial charge in [0.25, 0.3) is 0 Å². The van der Waals surface area contributed by atoms with E-state index in [2.05, 4.69) is 4.74 Å². The lowest BCUT2D eigenvalue weighted by Crippen LogP contribution is -2.08. The van der Waals surface area contributed by atoms with Gasteiger partial charge in [-0.25, -0.2) is 0 Å². The van der Waals surface area contributed by atoms with Crippen molar-refractivity contribution in [1.29, 1.82) is 0 Å². The fourth-order valence-electron chi connectivity index (χ4n) is 0.904. The predicted octanol–water partition coefficient (Wildman–Crippen LogP) is 2.79. The first kappa shape index (κ1) is 10.4. The molecule has 0 N–H and O–H groups in total. The van der Waals surface area contributed by atoms with Crippen molar-refractivity contribution in [3.8, 4) is 0 Å². The third-order valence-corrected chi connectivity index (χ3v) is 2.21. The second-order valence-electron chi connectivity index (χ2n) is 2.44. The Kier molecular flexibility index (Phi) is 3.58. The van der Waals surface area contributed by atoms with Crippen LogP contribution in [-0.2, 0) is 9.53 Å². The summed E-state index contributed by atoms with van der Waals surface area (Å²) in [5.74, 6) is -0.482. The molecule has 0 aromatic heterocycles. The molecule has 1 rings (SSSR count). The summed E-state index contributed by atoms with van der Waals surface area (Å²) in [4.78, 5) is 11.0. The Balaban J connectivity index is 2.88. The number of benzene rings is 1. The van der Waals surface area contributed by atoms with Crippen molar-refractivity contribution in [1.82, 2.24) is 0 Å². The Morgan fingerprint density at radius 1 is 1.54 bits per heavy atom. The zero-order chi connectivity index (χ0) is 9.84. The third kappa shape index (κ3) is 2.61. The van der Waals surface area contributed by atoms with E-state index in [1.165, 1.54) is 7.11 Å². The molecule has 2 nitrogen and oxygen atoms in total. The lowest BCUT2D eigenvalue weighted by atomic mass is 10.1. The molecule has 4 heteroatoms. The van der Waals surface area contributed by atoms with Crippen LogP contribution in [0.3, 0.4) is 0 Å². The van der Waals surface area contributed by atoms with Gasteiger partial charge in [0.2, 0.25) is 0 Å². The second-order valence-corrected chi connectivity index (χ2v) is 3.31. The van der Waals surface area contributed by atoms with Gasteiger partial charge in [-0.2, -0.15) is 0 Å². The molecular formula is C9H8Cl2O2. The molecule has 0 spiro atoms. The van der Waals surface area contributed by atoms with Gasteiger partial charge in [-0.15, -0.1) is 11.6 Å². The molecule has 0 aliphatic rings. The maximum absolute atomic E-state index is 11.0. The largest absolute Gasteiger partial charge is 0.468 e. The van der Waals surface area contributed by atoms with E-state index >= 15 is 0 Å². The normalized spacial score (nSPS) is 12.2. The van der Waals surface area contributed by atoms with Gasteiger partial charge in [-0.3, -0.25) is 4.79 Å². The number of alkyl halides is 1. The summed E-state index contributed by atoms with van der Waals surface area (Å²) in [5, 5.41) is -0.240. The van der Waals surface area contributed by atoms with E-state index in [1.54, 1.807) is 24.3 Å². The van der Waals surface area contributed by atoms with Crippen LogP contribution >= 0.6 is 23.2 Å². The minimum absolute atomic E-state index is 0.482. The summed E-state index contributed by atoms with van der Waals surface area (Å²) in [6, 6.07) is 6.80. The van der Waals surface area contributed by atoms with Crippen LogP contribution in [0.4, 0.5) is 0 Å². The number of hydrogen-bond acceptors (Lipinski definition) is 2. The molecule has 0 aliphatic carbocycles. The summed E-state index contributed by atoms with van der Waals surface area (Å²) in [6.07, 6.45) is 0. The van der Waals surface area contributed by atoms with Gasteiger partial charge >= 0.3 is 5.97 Å². The third-order valence-electron chi connectivity index (χ3n) is 1.55. The number of hydrogen-bond donors (Lipinski definition) is 0. The maximum Gasteiger partial charge on any atom is 0.328 e. The second kappa shape index (κ2) is 4.49. The minimum Gasteiger partial charge on any atom is -0.468 e. The highest BCUT2D eigenvalue weighted by Crippen LogP contribution is 2.23. The van der Waals surface area contributed by atoms with E-state index in [-0.39, 0.29) is 0 Å². The fraction of sp³-hybridized carbons (Fsp3) is 0.222. The highest BCUT2D eigenvalue weighted by molar-refractivity contribution is 6.32. The summed E-state index contributed by atoms with van der Waals surface area (Å²) >= 11 is 11.5. The van der Waals surface area contributed by atoms with Crippen LogP contribution in [0.15, 0.2) is 24.3 Å². The van der Waals surface area contributed by atoms with Gasteiger partial charge in [-0.1, -0.05) is 23.7 Å². The van der Waals surface area contributed by atoms with Gasteiger partial charge in [0, 0.05) is 5.02 Å². The van der Waals surface area contributed by atoms with E-state index in [0.717, 1.165) is 0 Å². The van der Waals surface area contributed by atoms with E-state index in [0.29, 0.717) is 10.6 Å². The molecule has 0 aliphatic heterocycles. The van der Waals surface area contributed by atoms with E-state index in [9.17, 15) is 4.79 Å². The van der Waals surface area contributed by atoms with Crippen LogP contribution in [0.5, 0.6) is 0 Å². The zero-order valence-electron chi connectivity index (χ0n) is 6.96. The molecule has 0 heterocycles. The summed E-state index contributed by atoms with van der Waals surface area (Å²) in [5.41, 5.74) is 0.640. The maximum atomic E-state index is 11.0. The fourth-order valence-corrected chi connectivity index (χ4v) is 1.33. The molecule has 0 saturated carbocycles. The molecule has 0 amide bonds. The average molecular weight is 219 g/mol. The van der Waals surface area contributed by atoms with Crippen molar-refractivity contribution in [3.05, 3.63) is 34.9 Å². The van der Waals surface area contributed by atoms with Crippen LogP contribution < -0.4 is 0 Å². The van der Waals surface area contributed by atoms with Crippen molar-refractivity contribution < 1.29 is 9.53 Å². The first-order valence-electron chi connectivity index (χ1n) is 3.62. The van der Waals surface area contributed by atoms with Crippen molar-refractivity contribution >= 4 is 29.2 Å². The van der Waals surface area contributed by atoms with Gasteiger partial charge in [-0.05, 0) is 17.7 Å². The molecule has 0 bridgehead atoms.